The number of rotatable bonds is 6. The maximum Gasteiger partial charge on any atom is 0.0164 e. The van der Waals surface area contributed by atoms with Gasteiger partial charge in [0, 0.05) is 18.6 Å². The van der Waals surface area contributed by atoms with Gasteiger partial charge < -0.3 is 10.6 Å². The van der Waals surface area contributed by atoms with Crippen molar-refractivity contribution >= 4 is 0 Å². The molecule has 0 aromatic heterocycles. The van der Waals surface area contributed by atoms with E-state index in [9.17, 15) is 0 Å². The summed E-state index contributed by atoms with van der Waals surface area (Å²) in [4.78, 5) is 0. The molecule has 1 aliphatic carbocycles. The van der Waals surface area contributed by atoms with Gasteiger partial charge in [-0.15, -0.1) is 0 Å². The first-order chi connectivity index (χ1) is 5.68. The molecule has 0 heterocycles. The summed E-state index contributed by atoms with van der Waals surface area (Å²) in [6.07, 6.45) is 2.77. The van der Waals surface area contributed by atoms with Crippen LogP contribution in [0.3, 0.4) is 0 Å². The molecule has 1 aliphatic rings. The van der Waals surface area contributed by atoms with Crippen molar-refractivity contribution in [3.8, 4) is 0 Å². The van der Waals surface area contributed by atoms with Crippen LogP contribution in [-0.4, -0.2) is 25.2 Å². The molecule has 0 saturated heterocycles. The van der Waals surface area contributed by atoms with Crippen molar-refractivity contribution in [3.05, 3.63) is 0 Å². The van der Waals surface area contributed by atoms with Gasteiger partial charge in [-0.05, 0) is 32.2 Å². The van der Waals surface area contributed by atoms with Gasteiger partial charge >= 0.3 is 0 Å². The summed E-state index contributed by atoms with van der Waals surface area (Å²) in [5, 5.41) is 7.02. The van der Waals surface area contributed by atoms with E-state index in [4.69, 9.17) is 0 Å². The molecule has 1 rings (SSSR count). The molecule has 1 atom stereocenters. The Bertz CT molecular complexity index is 113. The number of hydrogen-bond acceptors (Lipinski definition) is 2. The lowest BCUT2D eigenvalue weighted by Crippen LogP contribution is -2.38. The van der Waals surface area contributed by atoms with Crippen LogP contribution < -0.4 is 10.6 Å². The quantitative estimate of drug-likeness (QED) is 0.629. The molecule has 1 unspecified atom stereocenters. The maximum atomic E-state index is 3.52. The summed E-state index contributed by atoms with van der Waals surface area (Å²) in [7, 11) is 0. The Kier molecular flexibility index (Phi) is 4.02. The highest BCUT2D eigenvalue weighted by Gasteiger charge is 2.20. The van der Waals surface area contributed by atoms with E-state index in [1.54, 1.807) is 0 Å². The second-order valence-corrected chi connectivity index (χ2v) is 4.39. The lowest BCUT2D eigenvalue weighted by molar-refractivity contribution is 0.459. The van der Waals surface area contributed by atoms with E-state index in [1.807, 2.05) is 0 Å². The van der Waals surface area contributed by atoms with Crippen LogP contribution in [0.15, 0.2) is 0 Å². The van der Waals surface area contributed by atoms with Crippen molar-refractivity contribution < 1.29 is 0 Å². The van der Waals surface area contributed by atoms with Gasteiger partial charge in [-0.3, -0.25) is 0 Å². The molecular formula is C10H22N2. The van der Waals surface area contributed by atoms with Crippen molar-refractivity contribution in [2.24, 2.45) is 5.92 Å². The maximum absolute atomic E-state index is 3.52. The van der Waals surface area contributed by atoms with Gasteiger partial charge in [-0.2, -0.15) is 0 Å². The average molecular weight is 170 g/mol. The molecule has 0 spiro atoms. The lowest BCUT2D eigenvalue weighted by atomic mass is 10.2. The molecule has 0 aromatic carbocycles. The smallest absolute Gasteiger partial charge is 0.0164 e. The van der Waals surface area contributed by atoms with Crippen LogP contribution in [0.25, 0.3) is 0 Å². The number of hydrogen-bond donors (Lipinski definition) is 2. The SMILES string of the molecule is CC(C)CNC(C)CNC1CC1. The lowest BCUT2D eigenvalue weighted by Gasteiger charge is -2.15. The minimum absolute atomic E-state index is 0.619. The van der Waals surface area contributed by atoms with E-state index in [0.717, 1.165) is 25.0 Å². The van der Waals surface area contributed by atoms with Gasteiger partial charge in [-0.25, -0.2) is 0 Å². The summed E-state index contributed by atoms with van der Waals surface area (Å²) >= 11 is 0. The van der Waals surface area contributed by atoms with Crippen LogP contribution in [0, 0.1) is 5.92 Å². The zero-order chi connectivity index (χ0) is 8.97. The van der Waals surface area contributed by atoms with E-state index >= 15 is 0 Å². The molecule has 2 heteroatoms. The summed E-state index contributed by atoms with van der Waals surface area (Å²) in [6.45, 7) is 8.99. The van der Waals surface area contributed by atoms with Gasteiger partial charge in [0.1, 0.15) is 0 Å². The average Bonchev–Trinajstić information content (AvgIpc) is 2.80. The van der Waals surface area contributed by atoms with Crippen molar-refractivity contribution in [3.63, 3.8) is 0 Å². The molecule has 0 amide bonds. The minimum atomic E-state index is 0.619. The van der Waals surface area contributed by atoms with E-state index < -0.39 is 0 Å². The fourth-order valence-corrected chi connectivity index (χ4v) is 1.14. The third-order valence-electron chi connectivity index (χ3n) is 2.16. The largest absolute Gasteiger partial charge is 0.313 e. The highest BCUT2D eigenvalue weighted by Crippen LogP contribution is 2.18. The molecular weight excluding hydrogens is 148 g/mol. The van der Waals surface area contributed by atoms with E-state index in [-0.39, 0.29) is 0 Å². The van der Waals surface area contributed by atoms with E-state index in [1.165, 1.54) is 12.8 Å². The minimum Gasteiger partial charge on any atom is -0.313 e. The van der Waals surface area contributed by atoms with Crippen LogP contribution in [0.4, 0.5) is 0 Å². The summed E-state index contributed by atoms with van der Waals surface area (Å²) < 4.78 is 0. The van der Waals surface area contributed by atoms with Gasteiger partial charge in [0.15, 0.2) is 0 Å². The molecule has 0 aliphatic heterocycles. The van der Waals surface area contributed by atoms with Gasteiger partial charge in [-0.1, -0.05) is 13.8 Å². The normalized spacial score (nSPS) is 20.0. The van der Waals surface area contributed by atoms with Crippen LogP contribution >= 0.6 is 0 Å². The molecule has 72 valence electrons. The van der Waals surface area contributed by atoms with Crippen molar-refractivity contribution in [2.75, 3.05) is 13.1 Å². The van der Waals surface area contributed by atoms with Gasteiger partial charge in [0.2, 0.25) is 0 Å². The molecule has 1 fully saturated rings. The molecule has 0 radical (unpaired) electrons. The first kappa shape index (κ1) is 10.0. The molecule has 12 heavy (non-hydrogen) atoms. The van der Waals surface area contributed by atoms with E-state index in [2.05, 4.69) is 31.4 Å². The Morgan fingerprint density at radius 1 is 1.17 bits per heavy atom. The highest BCUT2D eigenvalue weighted by molar-refractivity contribution is 4.82. The summed E-state index contributed by atoms with van der Waals surface area (Å²) in [6, 6.07) is 1.46. The van der Waals surface area contributed by atoms with Crippen molar-refractivity contribution in [2.45, 2.75) is 45.7 Å². The Morgan fingerprint density at radius 3 is 2.33 bits per heavy atom. The third-order valence-corrected chi connectivity index (χ3v) is 2.16. The first-order valence-corrected chi connectivity index (χ1v) is 5.15. The van der Waals surface area contributed by atoms with Crippen LogP contribution in [0.1, 0.15) is 33.6 Å². The van der Waals surface area contributed by atoms with Crippen molar-refractivity contribution in [1.82, 2.24) is 10.6 Å². The molecule has 2 N–H and O–H groups in total. The Balaban J connectivity index is 1.91. The number of nitrogens with one attached hydrogen (secondary N) is 2. The highest BCUT2D eigenvalue weighted by atomic mass is 15.0. The second kappa shape index (κ2) is 4.83. The first-order valence-electron chi connectivity index (χ1n) is 5.15. The fraction of sp³-hybridized carbons (Fsp3) is 1.00. The fourth-order valence-electron chi connectivity index (χ4n) is 1.14. The van der Waals surface area contributed by atoms with E-state index in [0.29, 0.717) is 6.04 Å². The second-order valence-electron chi connectivity index (χ2n) is 4.39. The van der Waals surface area contributed by atoms with Crippen LogP contribution in [-0.2, 0) is 0 Å². The summed E-state index contributed by atoms with van der Waals surface area (Å²) in [5.74, 6) is 0.758. The predicted molar refractivity (Wildman–Crippen MR) is 53.3 cm³/mol. The monoisotopic (exact) mass is 170 g/mol. The Labute approximate surface area is 76.1 Å². The topological polar surface area (TPSA) is 24.1 Å². The molecule has 2 nitrogen and oxygen atoms in total. The Morgan fingerprint density at radius 2 is 1.83 bits per heavy atom. The van der Waals surface area contributed by atoms with Crippen LogP contribution in [0.5, 0.6) is 0 Å². The predicted octanol–water partition coefficient (Wildman–Crippen LogP) is 1.37. The Hall–Kier alpha value is -0.0800. The molecule has 1 saturated carbocycles. The third kappa shape index (κ3) is 4.73. The van der Waals surface area contributed by atoms with Crippen LogP contribution in [0.2, 0.25) is 0 Å². The zero-order valence-corrected chi connectivity index (χ0v) is 8.56. The molecule has 0 bridgehead atoms. The van der Waals surface area contributed by atoms with Gasteiger partial charge in [0.05, 0.1) is 0 Å². The van der Waals surface area contributed by atoms with Gasteiger partial charge in [0.25, 0.3) is 0 Å². The molecule has 0 aromatic rings. The van der Waals surface area contributed by atoms with Crippen molar-refractivity contribution in [1.29, 1.82) is 0 Å². The standard InChI is InChI=1S/C10H22N2/c1-8(2)6-11-9(3)7-12-10-4-5-10/h8-12H,4-7H2,1-3H3. The zero-order valence-electron chi connectivity index (χ0n) is 8.56. The summed E-state index contributed by atoms with van der Waals surface area (Å²) in [5.41, 5.74) is 0.